The lowest BCUT2D eigenvalue weighted by atomic mass is 10.0. The summed E-state index contributed by atoms with van der Waals surface area (Å²) in [4.78, 5) is 25.1. The van der Waals surface area contributed by atoms with Gasteiger partial charge in [-0.05, 0) is 62.2 Å². The fraction of sp³-hybridized carbons (Fsp3) is 0.320. The molecular formula is C25H25F3N4O4. The number of amides is 2. The lowest BCUT2D eigenvalue weighted by Gasteiger charge is -2.11. The van der Waals surface area contributed by atoms with Crippen molar-refractivity contribution < 1.29 is 32.6 Å². The average Bonchev–Trinajstić information content (AvgIpc) is 3.49. The Bertz CT molecular complexity index is 1250. The molecule has 1 fully saturated rings. The summed E-state index contributed by atoms with van der Waals surface area (Å²) in [6, 6.07) is 10.4. The largest absolute Gasteiger partial charge is 0.573 e. The summed E-state index contributed by atoms with van der Waals surface area (Å²) in [5.41, 5.74) is 2.00. The SMILES string of the molecule is CCNC(=O)n1nc(-c2ccc(NC(=O)c3ccc(OC(F)(F)F)cc3)cc2O)cc1C1CCCC1. The number of carbonyl (C=O) groups excluding carboxylic acids is 2. The van der Waals surface area contributed by atoms with Crippen LogP contribution in [0.5, 0.6) is 11.5 Å². The van der Waals surface area contributed by atoms with Gasteiger partial charge in [-0.25, -0.2) is 4.79 Å². The highest BCUT2D eigenvalue weighted by Gasteiger charge is 2.31. The van der Waals surface area contributed by atoms with Crippen LogP contribution in [0, 0.1) is 0 Å². The maximum Gasteiger partial charge on any atom is 0.573 e. The first-order chi connectivity index (χ1) is 17.1. The molecule has 0 aliphatic heterocycles. The van der Waals surface area contributed by atoms with Gasteiger partial charge >= 0.3 is 12.4 Å². The van der Waals surface area contributed by atoms with Gasteiger partial charge in [0.15, 0.2) is 0 Å². The first-order valence-electron chi connectivity index (χ1n) is 11.5. The van der Waals surface area contributed by atoms with Crippen LogP contribution in [0.15, 0.2) is 48.5 Å². The van der Waals surface area contributed by atoms with Gasteiger partial charge in [0.2, 0.25) is 0 Å². The second kappa shape index (κ2) is 10.3. The molecular weight excluding hydrogens is 477 g/mol. The van der Waals surface area contributed by atoms with Crippen LogP contribution < -0.4 is 15.4 Å². The number of hydrogen-bond acceptors (Lipinski definition) is 5. The molecule has 0 atom stereocenters. The molecule has 1 aliphatic rings. The van der Waals surface area contributed by atoms with Crippen molar-refractivity contribution in [3.8, 4) is 22.8 Å². The van der Waals surface area contributed by atoms with Gasteiger partial charge in [0.05, 0.1) is 11.4 Å². The smallest absolute Gasteiger partial charge is 0.507 e. The van der Waals surface area contributed by atoms with Gasteiger partial charge in [-0.2, -0.15) is 9.78 Å². The zero-order chi connectivity index (χ0) is 25.9. The molecule has 1 heterocycles. The molecule has 4 rings (SSSR count). The molecule has 1 saturated carbocycles. The Morgan fingerprint density at radius 1 is 1.11 bits per heavy atom. The molecule has 1 aromatic heterocycles. The predicted octanol–water partition coefficient (Wildman–Crippen LogP) is 5.64. The highest BCUT2D eigenvalue weighted by Crippen LogP contribution is 2.38. The number of nitrogens with one attached hydrogen (secondary N) is 2. The number of ether oxygens (including phenoxy) is 1. The quantitative estimate of drug-likeness (QED) is 0.405. The number of alkyl halides is 3. The zero-order valence-corrected chi connectivity index (χ0v) is 19.4. The van der Waals surface area contributed by atoms with Crippen LogP contribution in [-0.4, -0.2) is 39.7 Å². The van der Waals surface area contributed by atoms with E-state index >= 15 is 0 Å². The molecule has 0 spiro atoms. The summed E-state index contributed by atoms with van der Waals surface area (Å²) in [6.07, 6.45) is -0.733. The number of rotatable bonds is 6. The van der Waals surface area contributed by atoms with Crippen molar-refractivity contribution in [3.63, 3.8) is 0 Å². The van der Waals surface area contributed by atoms with Gasteiger partial charge < -0.3 is 20.5 Å². The van der Waals surface area contributed by atoms with Crippen molar-refractivity contribution >= 4 is 17.6 Å². The molecule has 36 heavy (non-hydrogen) atoms. The molecule has 3 aromatic rings. The number of phenols is 1. The molecule has 0 bridgehead atoms. The van der Waals surface area contributed by atoms with E-state index in [1.54, 1.807) is 12.1 Å². The van der Waals surface area contributed by atoms with E-state index in [0.717, 1.165) is 43.5 Å². The van der Waals surface area contributed by atoms with Gasteiger partial charge in [-0.3, -0.25) is 4.79 Å². The first kappa shape index (κ1) is 25.1. The van der Waals surface area contributed by atoms with E-state index < -0.39 is 18.0 Å². The van der Waals surface area contributed by atoms with Crippen molar-refractivity contribution in [2.24, 2.45) is 0 Å². The fourth-order valence-corrected chi connectivity index (χ4v) is 4.27. The van der Waals surface area contributed by atoms with E-state index in [9.17, 15) is 27.9 Å². The Labute approximate surface area is 205 Å². The summed E-state index contributed by atoms with van der Waals surface area (Å²) in [7, 11) is 0. The minimum absolute atomic E-state index is 0.106. The van der Waals surface area contributed by atoms with E-state index in [1.807, 2.05) is 13.0 Å². The topological polar surface area (TPSA) is 105 Å². The van der Waals surface area contributed by atoms with Crippen LogP contribution in [0.1, 0.15) is 54.6 Å². The van der Waals surface area contributed by atoms with Crippen molar-refractivity contribution in [1.29, 1.82) is 0 Å². The third-order valence-electron chi connectivity index (χ3n) is 5.91. The average molecular weight is 502 g/mol. The van der Waals surface area contributed by atoms with Crippen LogP contribution >= 0.6 is 0 Å². The Balaban J connectivity index is 1.52. The molecule has 1 aliphatic carbocycles. The number of nitrogens with zero attached hydrogens (tertiary/aromatic N) is 2. The first-order valence-corrected chi connectivity index (χ1v) is 11.5. The van der Waals surface area contributed by atoms with E-state index in [4.69, 9.17) is 0 Å². The third-order valence-corrected chi connectivity index (χ3v) is 5.91. The fourth-order valence-electron chi connectivity index (χ4n) is 4.27. The Morgan fingerprint density at radius 2 is 1.81 bits per heavy atom. The summed E-state index contributed by atoms with van der Waals surface area (Å²) in [5.74, 6) is -0.961. The maximum atomic E-state index is 12.6. The summed E-state index contributed by atoms with van der Waals surface area (Å²) in [6.45, 7) is 2.27. The van der Waals surface area contributed by atoms with Gasteiger partial charge in [0, 0.05) is 35.3 Å². The van der Waals surface area contributed by atoms with Crippen molar-refractivity contribution in [3.05, 3.63) is 59.8 Å². The summed E-state index contributed by atoms with van der Waals surface area (Å²) in [5, 5.41) is 20.4. The number of anilines is 1. The minimum Gasteiger partial charge on any atom is -0.507 e. The second-order valence-electron chi connectivity index (χ2n) is 8.44. The van der Waals surface area contributed by atoms with Gasteiger partial charge in [-0.15, -0.1) is 13.2 Å². The van der Waals surface area contributed by atoms with E-state index in [-0.39, 0.29) is 28.9 Å². The van der Waals surface area contributed by atoms with Crippen molar-refractivity contribution in [1.82, 2.24) is 15.1 Å². The van der Waals surface area contributed by atoms with Gasteiger partial charge in [0.1, 0.15) is 11.5 Å². The predicted molar refractivity (Wildman–Crippen MR) is 126 cm³/mol. The number of benzene rings is 2. The van der Waals surface area contributed by atoms with E-state index in [0.29, 0.717) is 17.8 Å². The zero-order valence-electron chi connectivity index (χ0n) is 19.4. The minimum atomic E-state index is -4.82. The lowest BCUT2D eigenvalue weighted by molar-refractivity contribution is -0.274. The van der Waals surface area contributed by atoms with E-state index in [1.165, 1.54) is 22.9 Å². The molecule has 2 aromatic carbocycles. The molecule has 0 unspecified atom stereocenters. The Hall–Kier alpha value is -4.02. The van der Waals surface area contributed by atoms with E-state index in [2.05, 4.69) is 20.5 Å². The van der Waals surface area contributed by atoms with Gasteiger partial charge in [-0.1, -0.05) is 12.8 Å². The number of hydrogen-bond donors (Lipinski definition) is 3. The lowest BCUT2D eigenvalue weighted by Crippen LogP contribution is -2.30. The Morgan fingerprint density at radius 3 is 2.42 bits per heavy atom. The van der Waals surface area contributed by atoms with Crippen LogP contribution in [0.2, 0.25) is 0 Å². The normalized spacial score (nSPS) is 14.0. The highest BCUT2D eigenvalue weighted by atomic mass is 19.4. The molecule has 3 N–H and O–H groups in total. The molecule has 0 radical (unpaired) electrons. The van der Waals surface area contributed by atoms with Crippen LogP contribution in [0.25, 0.3) is 11.3 Å². The number of aromatic nitrogens is 2. The number of phenolic OH excluding ortho intramolecular Hbond substituents is 1. The number of halogens is 3. The van der Waals surface area contributed by atoms with Gasteiger partial charge in [0.25, 0.3) is 5.91 Å². The van der Waals surface area contributed by atoms with Crippen molar-refractivity contribution in [2.45, 2.75) is 44.9 Å². The van der Waals surface area contributed by atoms with Crippen LogP contribution in [-0.2, 0) is 0 Å². The summed E-state index contributed by atoms with van der Waals surface area (Å²) < 4.78 is 42.1. The molecule has 190 valence electrons. The standard InChI is InChI=1S/C25H25F3N4O4/c1-2-29-24(35)32-21(15-5-3-4-6-15)14-20(31-32)19-12-9-17(13-22(19)33)30-23(34)16-7-10-18(11-8-16)36-25(26,27)28/h7-15,33H,2-6H2,1H3,(H,29,35)(H,30,34). The number of carbonyl (C=O) groups is 2. The summed E-state index contributed by atoms with van der Waals surface area (Å²) >= 11 is 0. The molecule has 8 nitrogen and oxygen atoms in total. The highest BCUT2D eigenvalue weighted by molar-refractivity contribution is 6.04. The third kappa shape index (κ3) is 5.78. The Kier molecular flexibility index (Phi) is 7.18. The molecule has 0 saturated heterocycles. The second-order valence-corrected chi connectivity index (χ2v) is 8.44. The van der Waals surface area contributed by atoms with Crippen LogP contribution in [0.3, 0.4) is 0 Å². The molecule has 11 heteroatoms. The maximum absolute atomic E-state index is 12.6. The monoisotopic (exact) mass is 502 g/mol. The van der Waals surface area contributed by atoms with Crippen LogP contribution in [0.4, 0.5) is 23.7 Å². The van der Waals surface area contributed by atoms with Crippen molar-refractivity contribution in [2.75, 3.05) is 11.9 Å². The number of aromatic hydroxyl groups is 1. The molecule has 2 amide bonds.